The number of aryl methyl sites for hydroxylation is 2. The van der Waals surface area contributed by atoms with E-state index in [1.54, 1.807) is 11.0 Å². The molecule has 10 nitrogen and oxygen atoms in total. The minimum atomic E-state index is -4.41. The molecule has 0 unspecified atom stereocenters. The van der Waals surface area contributed by atoms with Crippen LogP contribution in [-0.2, 0) is 28.7 Å². The van der Waals surface area contributed by atoms with Gasteiger partial charge in [0.1, 0.15) is 0 Å². The Morgan fingerprint density at radius 2 is 1.77 bits per heavy atom. The highest BCUT2D eigenvalue weighted by Crippen LogP contribution is 2.23. The Kier molecular flexibility index (Phi) is 6.77. The van der Waals surface area contributed by atoms with Crippen LogP contribution in [-0.4, -0.2) is 43.0 Å². The number of hydrogen-bond donors (Lipinski definition) is 0. The third-order valence-corrected chi connectivity index (χ3v) is 4.19. The third kappa shape index (κ3) is 5.86. The molecule has 2 heterocycles. The second kappa shape index (κ2) is 8.83. The van der Waals surface area contributed by atoms with Gasteiger partial charge in [-0.1, -0.05) is 5.11 Å². The summed E-state index contributed by atoms with van der Waals surface area (Å²) in [5.41, 5.74) is 2.13. The van der Waals surface area contributed by atoms with Gasteiger partial charge >= 0.3 is 5.95 Å². The molecule has 3 rings (SSSR count). The van der Waals surface area contributed by atoms with Crippen molar-refractivity contribution in [2.45, 2.75) is 12.8 Å². The molecule has 2 aromatic rings. The second-order valence-corrected chi connectivity index (χ2v) is 6.80. The monoisotopic (exact) mass is 382 g/mol. The van der Waals surface area contributed by atoms with E-state index < -0.39 is 10.4 Å². The van der Waals surface area contributed by atoms with Gasteiger partial charge in [-0.3, -0.25) is 4.18 Å². The summed E-state index contributed by atoms with van der Waals surface area (Å²) in [6.45, 7) is 2.32. The van der Waals surface area contributed by atoms with Crippen LogP contribution >= 0.6 is 0 Å². The van der Waals surface area contributed by atoms with Crippen LogP contribution in [0.25, 0.3) is 0 Å². The molecule has 0 N–H and O–H groups in total. The quantitative estimate of drug-likeness (QED) is 0.341. The largest absolute Gasteiger partial charge is 0.726 e. The van der Waals surface area contributed by atoms with Gasteiger partial charge in [0.15, 0.2) is 0 Å². The maximum absolute atomic E-state index is 9.22. The molecule has 1 aliphatic heterocycles. The Bertz CT molecular complexity index is 822. The van der Waals surface area contributed by atoms with Crippen LogP contribution in [0.1, 0.15) is 12.8 Å². The average Bonchev–Trinajstić information content (AvgIpc) is 3.25. The van der Waals surface area contributed by atoms with Crippen molar-refractivity contribution >= 4 is 27.7 Å². The number of azo groups is 1. The molecule has 0 saturated carbocycles. The summed E-state index contributed by atoms with van der Waals surface area (Å²) in [5.74, 6) is 0.716. The van der Waals surface area contributed by atoms with Crippen LogP contribution in [0.3, 0.4) is 0 Å². The van der Waals surface area contributed by atoms with E-state index in [4.69, 9.17) is 0 Å². The van der Waals surface area contributed by atoms with Crippen LogP contribution in [0.2, 0.25) is 0 Å². The lowest BCUT2D eigenvalue weighted by Gasteiger charge is -2.16. The second-order valence-electron chi connectivity index (χ2n) is 5.65. The lowest BCUT2D eigenvalue weighted by atomic mass is 10.2. The van der Waals surface area contributed by atoms with Gasteiger partial charge in [0.25, 0.3) is 0 Å². The Labute approximate surface area is 152 Å². The summed E-state index contributed by atoms with van der Waals surface area (Å²) >= 11 is 0. The fraction of sp³-hybridized carbons (Fsp3) is 0.467. The van der Waals surface area contributed by atoms with Gasteiger partial charge in [0.2, 0.25) is 16.7 Å². The van der Waals surface area contributed by atoms with Crippen LogP contribution < -0.4 is 9.47 Å². The summed E-state index contributed by atoms with van der Waals surface area (Å²) in [5, 5.41) is 12.6. The number of nitrogens with zero attached hydrogens (tertiary/aromatic N) is 6. The Morgan fingerprint density at radius 3 is 2.23 bits per heavy atom. The highest BCUT2D eigenvalue weighted by Gasteiger charge is 2.13. The van der Waals surface area contributed by atoms with Gasteiger partial charge in [-0.15, -0.1) is 4.68 Å². The summed E-state index contributed by atoms with van der Waals surface area (Å²) in [7, 11) is 0.148. The van der Waals surface area contributed by atoms with Crippen molar-refractivity contribution in [2.75, 3.05) is 25.1 Å². The average molecular weight is 382 g/mol. The molecule has 142 valence electrons. The lowest BCUT2D eigenvalue weighted by Crippen LogP contribution is -2.25. The predicted octanol–water partition coefficient (Wildman–Crippen LogP) is 1.35. The van der Waals surface area contributed by atoms with Crippen molar-refractivity contribution in [1.29, 1.82) is 0 Å². The van der Waals surface area contributed by atoms with E-state index in [0.717, 1.165) is 25.9 Å². The smallest absolute Gasteiger partial charge is 0.403 e. The molecule has 1 saturated heterocycles. The van der Waals surface area contributed by atoms with Gasteiger partial charge in [-0.25, -0.2) is 13.0 Å². The summed E-state index contributed by atoms with van der Waals surface area (Å²) < 4.78 is 34.6. The number of hydrogen-bond acceptors (Lipinski definition) is 8. The molecule has 0 atom stereocenters. The topological polar surface area (TPSA) is 116 Å². The van der Waals surface area contributed by atoms with Gasteiger partial charge in [0.05, 0.1) is 26.9 Å². The third-order valence-electron chi connectivity index (χ3n) is 3.78. The first kappa shape index (κ1) is 19.9. The van der Waals surface area contributed by atoms with E-state index in [1.165, 1.54) is 18.5 Å². The molecule has 1 aromatic heterocycles. The molecular weight excluding hydrogens is 360 g/mol. The Hall–Kier alpha value is -2.37. The Balaban J connectivity index is 0.000000352. The van der Waals surface area contributed by atoms with Crippen molar-refractivity contribution in [3.05, 3.63) is 30.6 Å². The van der Waals surface area contributed by atoms with Crippen LogP contribution in [0.15, 0.2) is 40.8 Å². The van der Waals surface area contributed by atoms with Crippen molar-refractivity contribution in [3.63, 3.8) is 0 Å². The van der Waals surface area contributed by atoms with E-state index in [9.17, 15) is 13.0 Å². The number of anilines is 1. The summed E-state index contributed by atoms with van der Waals surface area (Å²) in [6, 6.07) is 8.24. The van der Waals surface area contributed by atoms with Gasteiger partial charge < -0.3 is 9.45 Å². The van der Waals surface area contributed by atoms with E-state index in [0.29, 0.717) is 5.95 Å². The van der Waals surface area contributed by atoms with Crippen LogP contribution in [0.5, 0.6) is 0 Å². The first-order valence-corrected chi connectivity index (χ1v) is 9.29. The summed E-state index contributed by atoms with van der Waals surface area (Å²) in [6.07, 6.45) is 4.29. The van der Waals surface area contributed by atoms with E-state index in [-0.39, 0.29) is 0 Å². The minimum Gasteiger partial charge on any atom is -0.726 e. The molecule has 0 bridgehead atoms. The molecule has 0 amide bonds. The molecule has 1 aromatic carbocycles. The fourth-order valence-electron chi connectivity index (χ4n) is 2.43. The van der Waals surface area contributed by atoms with Gasteiger partial charge in [0, 0.05) is 23.9 Å². The van der Waals surface area contributed by atoms with Crippen molar-refractivity contribution in [2.24, 2.45) is 24.3 Å². The number of rotatable bonds is 4. The predicted molar refractivity (Wildman–Crippen MR) is 93.2 cm³/mol. The standard InChI is InChI=1S/C14H19N6.CH4O4S/c1-18-11-15-19(2)14(18)17-16-12-5-7-13(8-6-12)20-9-3-4-10-20;1-5-6(2,3)4/h5-8,11H,3-4,9-10H2,1-2H3;1H3,(H,2,3,4)/q+1;/p-1. The maximum atomic E-state index is 9.22. The SMILES string of the molecule is COS(=O)(=O)[O-].Cn1nc[n+](C)c1N=Nc1ccc(N2CCCC2)cc1. The highest BCUT2D eigenvalue weighted by molar-refractivity contribution is 7.80. The molecule has 0 aliphatic carbocycles. The van der Waals surface area contributed by atoms with E-state index in [2.05, 4.69) is 36.5 Å². The van der Waals surface area contributed by atoms with E-state index in [1.807, 2.05) is 30.8 Å². The molecule has 11 heteroatoms. The molecular formula is C15H22N6O4S. The van der Waals surface area contributed by atoms with E-state index >= 15 is 0 Å². The zero-order valence-corrected chi connectivity index (χ0v) is 15.8. The lowest BCUT2D eigenvalue weighted by molar-refractivity contribution is -0.659. The zero-order chi connectivity index (χ0) is 19.2. The molecule has 0 radical (unpaired) electrons. The normalized spacial score (nSPS) is 14.5. The van der Waals surface area contributed by atoms with Crippen LogP contribution in [0, 0.1) is 0 Å². The molecule has 1 aliphatic rings. The zero-order valence-electron chi connectivity index (χ0n) is 14.9. The fourth-order valence-corrected chi connectivity index (χ4v) is 2.43. The summed E-state index contributed by atoms with van der Waals surface area (Å²) in [4.78, 5) is 2.40. The number of benzene rings is 1. The van der Waals surface area contributed by atoms with Gasteiger partial charge in [-0.2, -0.15) is 0 Å². The first-order valence-electron chi connectivity index (χ1n) is 7.96. The van der Waals surface area contributed by atoms with Crippen LogP contribution in [0.4, 0.5) is 17.3 Å². The maximum Gasteiger partial charge on any atom is 0.403 e. The van der Waals surface area contributed by atoms with Crippen molar-refractivity contribution in [1.82, 2.24) is 9.78 Å². The minimum absolute atomic E-state index is 0.716. The molecule has 26 heavy (non-hydrogen) atoms. The number of aromatic nitrogens is 3. The van der Waals surface area contributed by atoms with Crippen molar-refractivity contribution < 1.29 is 21.7 Å². The van der Waals surface area contributed by atoms with Gasteiger partial charge in [-0.05, 0) is 42.2 Å². The highest BCUT2D eigenvalue weighted by atomic mass is 32.3. The first-order chi connectivity index (χ1) is 12.3. The molecule has 0 spiro atoms. The van der Waals surface area contributed by atoms with Crippen molar-refractivity contribution in [3.8, 4) is 0 Å². The molecule has 1 fully saturated rings. The Morgan fingerprint density at radius 1 is 1.19 bits per heavy atom.